The number of benzene rings is 1. The van der Waals surface area contributed by atoms with Gasteiger partial charge >= 0.3 is 0 Å². The maximum atomic E-state index is 13.1. The van der Waals surface area contributed by atoms with Crippen LogP contribution >= 0.6 is 0 Å². The lowest BCUT2D eigenvalue weighted by atomic mass is 9.73. The van der Waals surface area contributed by atoms with Crippen molar-refractivity contribution in [3.63, 3.8) is 0 Å². The van der Waals surface area contributed by atoms with Gasteiger partial charge in [-0.15, -0.1) is 0 Å². The van der Waals surface area contributed by atoms with Gasteiger partial charge in [0.25, 0.3) is 0 Å². The molecule has 0 atom stereocenters. The quantitative estimate of drug-likeness (QED) is 0.915. The van der Waals surface area contributed by atoms with E-state index in [4.69, 9.17) is 4.74 Å². The van der Waals surface area contributed by atoms with Crippen LogP contribution in [0, 0.1) is 5.41 Å². The number of rotatable bonds is 3. The van der Waals surface area contributed by atoms with Gasteiger partial charge in [-0.1, -0.05) is 30.3 Å². The van der Waals surface area contributed by atoms with Crippen LogP contribution in [0.3, 0.4) is 0 Å². The average molecular weight is 288 g/mol. The highest BCUT2D eigenvalue weighted by Crippen LogP contribution is 2.35. The van der Waals surface area contributed by atoms with E-state index in [-0.39, 0.29) is 5.41 Å². The monoisotopic (exact) mass is 288 g/mol. The molecule has 0 saturated carbocycles. The summed E-state index contributed by atoms with van der Waals surface area (Å²) in [6.45, 7) is 4.69. The molecule has 3 rings (SSSR count). The largest absolute Gasteiger partial charge is 0.378 e. The topological polar surface area (TPSA) is 41.6 Å². The molecule has 4 heteroatoms. The molecular weight excluding hydrogens is 264 g/mol. The molecule has 2 aliphatic rings. The molecule has 0 radical (unpaired) electrons. The van der Waals surface area contributed by atoms with Crippen LogP contribution < -0.4 is 5.32 Å². The molecule has 2 aliphatic heterocycles. The van der Waals surface area contributed by atoms with Gasteiger partial charge in [-0.3, -0.25) is 4.79 Å². The third-order valence-electron chi connectivity index (χ3n) is 4.70. The molecule has 0 aliphatic carbocycles. The highest BCUT2D eigenvalue weighted by molar-refractivity contribution is 5.83. The zero-order chi connectivity index (χ0) is 14.5. The van der Waals surface area contributed by atoms with E-state index in [9.17, 15) is 4.79 Å². The first kappa shape index (κ1) is 14.5. The lowest BCUT2D eigenvalue weighted by molar-refractivity contribution is -0.148. The lowest BCUT2D eigenvalue weighted by Crippen LogP contribution is -2.53. The Morgan fingerprint density at radius 3 is 2.48 bits per heavy atom. The van der Waals surface area contributed by atoms with E-state index in [1.165, 1.54) is 5.56 Å². The average Bonchev–Trinajstić information content (AvgIpc) is 2.57. The van der Waals surface area contributed by atoms with Gasteiger partial charge in [0.05, 0.1) is 18.6 Å². The van der Waals surface area contributed by atoms with Crippen LogP contribution in [0.5, 0.6) is 0 Å². The molecule has 0 bridgehead atoms. The SMILES string of the molecule is O=C(N1CCOCC1)C1(Cc2ccccc2)CCNCC1. The van der Waals surface area contributed by atoms with E-state index in [1.807, 2.05) is 11.0 Å². The minimum Gasteiger partial charge on any atom is -0.378 e. The molecule has 1 aromatic carbocycles. The van der Waals surface area contributed by atoms with Crippen molar-refractivity contribution >= 4 is 5.91 Å². The van der Waals surface area contributed by atoms with Crippen LogP contribution in [0.2, 0.25) is 0 Å². The molecule has 4 nitrogen and oxygen atoms in total. The number of hydrogen-bond acceptors (Lipinski definition) is 3. The van der Waals surface area contributed by atoms with Crippen LogP contribution in [0.4, 0.5) is 0 Å². The summed E-state index contributed by atoms with van der Waals surface area (Å²) >= 11 is 0. The summed E-state index contributed by atoms with van der Waals surface area (Å²) < 4.78 is 5.38. The Labute approximate surface area is 126 Å². The van der Waals surface area contributed by atoms with Crippen molar-refractivity contribution < 1.29 is 9.53 Å². The third-order valence-corrected chi connectivity index (χ3v) is 4.70. The van der Waals surface area contributed by atoms with Gasteiger partial charge in [0.2, 0.25) is 5.91 Å². The number of hydrogen-bond donors (Lipinski definition) is 1. The maximum Gasteiger partial charge on any atom is 0.229 e. The van der Waals surface area contributed by atoms with Crippen molar-refractivity contribution in [3.05, 3.63) is 35.9 Å². The summed E-state index contributed by atoms with van der Waals surface area (Å²) in [7, 11) is 0. The highest BCUT2D eigenvalue weighted by Gasteiger charge is 2.42. The smallest absolute Gasteiger partial charge is 0.229 e. The molecule has 1 amide bonds. The molecule has 2 fully saturated rings. The van der Waals surface area contributed by atoms with Crippen LogP contribution in [0.15, 0.2) is 30.3 Å². The fourth-order valence-electron chi connectivity index (χ4n) is 3.46. The van der Waals surface area contributed by atoms with Gasteiger partial charge in [-0.25, -0.2) is 0 Å². The van der Waals surface area contributed by atoms with Crippen molar-refractivity contribution in [2.45, 2.75) is 19.3 Å². The minimum absolute atomic E-state index is 0.232. The fraction of sp³-hybridized carbons (Fsp3) is 0.588. The number of piperidine rings is 1. The number of carbonyl (C=O) groups is 1. The van der Waals surface area contributed by atoms with Crippen LogP contribution in [0.1, 0.15) is 18.4 Å². The standard InChI is InChI=1S/C17H24N2O2/c20-16(19-10-12-21-13-11-19)17(6-8-18-9-7-17)14-15-4-2-1-3-5-15/h1-5,18H,6-14H2. The number of ether oxygens (including phenoxy) is 1. The van der Waals surface area contributed by atoms with Crippen LogP contribution in [-0.4, -0.2) is 50.2 Å². The molecule has 1 N–H and O–H groups in total. The van der Waals surface area contributed by atoms with Crippen LogP contribution in [0.25, 0.3) is 0 Å². The van der Waals surface area contributed by atoms with E-state index < -0.39 is 0 Å². The number of carbonyl (C=O) groups excluding carboxylic acids is 1. The molecule has 2 saturated heterocycles. The number of nitrogens with one attached hydrogen (secondary N) is 1. The zero-order valence-corrected chi connectivity index (χ0v) is 12.5. The predicted molar refractivity (Wildman–Crippen MR) is 82.1 cm³/mol. The van der Waals surface area contributed by atoms with E-state index in [0.717, 1.165) is 45.4 Å². The minimum atomic E-state index is -0.232. The van der Waals surface area contributed by atoms with Gasteiger partial charge < -0.3 is 15.0 Å². The first-order valence-electron chi connectivity index (χ1n) is 7.92. The number of morpholine rings is 1. The number of nitrogens with zero attached hydrogens (tertiary/aromatic N) is 1. The van der Waals surface area contributed by atoms with Crippen LogP contribution in [-0.2, 0) is 16.0 Å². The predicted octanol–water partition coefficient (Wildman–Crippen LogP) is 1.46. The summed E-state index contributed by atoms with van der Waals surface area (Å²) in [5, 5.41) is 3.39. The molecular formula is C17H24N2O2. The van der Waals surface area contributed by atoms with Crippen molar-refractivity contribution in [1.29, 1.82) is 0 Å². The first-order chi connectivity index (χ1) is 10.3. The van der Waals surface area contributed by atoms with Gasteiger partial charge in [0, 0.05) is 13.1 Å². The molecule has 0 spiro atoms. The van der Waals surface area contributed by atoms with Crippen molar-refractivity contribution in [1.82, 2.24) is 10.2 Å². The van der Waals surface area contributed by atoms with Gasteiger partial charge in [-0.05, 0) is 37.9 Å². The van der Waals surface area contributed by atoms with E-state index in [1.54, 1.807) is 0 Å². The van der Waals surface area contributed by atoms with Gasteiger partial charge in [-0.2, -0.15) is 0 Å². The van der Waals surface area contributed by atoms with Crippen molar-refractivity contribution in [3.8, 4) is 0 Å². The summed E-state index contributed by atoms with van der Waals surface area (Å²) in [6.07, 6.45) is 2.71. The van der Waals surface area contributed by atoms with E-state index in [2.05, 4.69) is 29.6 Å². The van der Waals surface area contributed by atoms with Gasteiger partial charge in [0.15, 0.2) is 0 Å². The zero-order valence-electron chi connectivity index (χ0n) is 12.5. The highest BCUT2D eigenvalue weighted by atomic mass is 16.5. The second-order valence-corrected chi connectivity index (χ2v) is 6.10. The molecule has 2 heterocycles. The Balaban J connectivity index is 1.80. The Hall–Kier alpha value is -1.39. The fourth-order valence-corrected chi connectivity index (χ4v) is 3.46. The van der Waals surface area contributed by atoms with E-state index >= 15 is 0 Å². The summed E-state index contributed by atoms with van der Waals surface area (Å²) in [5.74, 6) is 0.330. The Bertz CT molecular complexity index is 463. The maximum absolute atomic E-state index is 13.1. The second-order valence-electron chi connectivity index (χ2n) is 6.10. The molecule has 1 aromatic rings. The summed E-state index contributed by atoms with van der Waals surface area (Å²) in [5.41, 5.74) is 1.03. The lowest BCUT2D eigenvalue weighted by Gasteiger charge is -2.41. The molecule has 0 aromatic heterocycles. The van der Waals surface area contributed by atoms with E-state index in [0.29, 0.717) is 19.1 Å². The van der Waals surface area contributed by atoms with Crippen molar-refractivity contribution in [2.75, 3.05) is 39.4 Å². The molecule has 21 heavy (non-hydrogen) atoms. The normalized spacial score (nSPS) is 22.0. The number of amides is 1. The van der Waals surface area contributed by atoms with Crippen molar-refractivity contribution in [2.24, 2.45) is 5.41 Å². The second kappa shape index (κ2) is 6.58. The Morgan fingerprint density at radius 1 is 1.14 bits per heavy atom. The first-order valence-corrected chi connectivity index (χ1v) is 7.92. The Morgan fingerprint density at radius 2 is 1.81 bits per heavy atom. The molecule has 0 unspecified atom stereocenters. The third kappa shape index (κ3) is 3.27. The molecule has 114 valence electrons. The Kier molecular flexibility index (Phi) is 4.56. The summed E-state index contributed by atoms with van der Waals surface area (Å²) in [4.78, 5) is 15.1. The summed E-state index contributed by atoms with van der Waals surface area (Å²) in [6, 6.07) is 10.4. The van der Waals surface area contributed by atoms with Gasteiger partial charge in [0.1, 0.15) is 0 Å².